The Morgan fingerprint density at radius 3 is 2.93 bits per heavy atom. The molecule has 1 N–H and O–H groups in total. The average Bonchev–Trinajstić information content (AvgIpc) is 2.75. The second kappa shape index (κ2) is 3.57. The number of hydrogen-bond donors (Lipinski definition) is 1. The molecule has 0 unspecified atom stereocenters. The molecule has 0 radical (unpaired) electrons. The number of nitrogens with one attached hydrogen (secondary N) is 1. The molecule has 6 heteroatoms. The Kier molecular flexibility index (Phi) is 2.26. The topological polar surface area (TPSA) is 72.3 Å². The van der Waals surface area contributed by atoms with Gasteiger partial charge in [-0.05, 0) is 21.9 Å². The Balaban J connectivity index is 2.11. The molecule has 6 nitrogen and oxygen atoms in total. The van der Waals surface area contributed by atoms with Crippen molar-refractivity contribution in [1.82, 2.24) is 30.4 Å². The Morgan fingerprint density at radius 1 is 1.50 bits per heavy atom. The van der Waals surface area contributed by atoms with Gasteiger partial charge in [0.15, 0.2) is 5.82 Å². The summed E-state index contributed by atoms with van der Waals surface area (Å²) < 4.78 is 1.82. The highest BCUT2D eigenvalue weighted by Crippen LogP contribution is 2.12. The van der Waals surface area contributed by atoms with Gasteiger partial charge in [0, 0.05) is 6.20 Å². The van der Waals surface area contributed by atoms with Gasteiger partial charge in [-0.15, -0.1) is 5.10 Å². The molecule has 74 valence electrons. The van der Waals surface area contributed by atoms with Crippen molar-refractivity contribution >= 4 is 0 Å². The van der Waals surface area contributed by atoms with Gasteiger partial charge in [-0.2, -0.15) is 5.10 Å². The molecule has 2 aromatic heterocycles. The summed E-state index contributed by atoms with van der Waals surface area (Å²) in [5, 5.41) is 17.7. The third-order valence-corrected chi connectivity index (χ3v) is 2.02. The maximum Gasteiger partial charge on any atom is 0.170 e. The van der Waals surface area contributed by atoms with E-state index in [1.54, 1.807) is 0 Å². The minimum Gasteiger partial charge on any atom is -0.265 e. The van der Waals surface area contributed by atoms with E-state index < -0.39 is 0 Å². The number of H-pyrrole nitrogens is 1. The van der Waals surface area contributed by atoms with Crippen LogP contribution in [0.3, 0.4) is 0 Å². The van der Waals surface area contributed by atoms with Crippen molar-refractivity contribution in [3.05, 3.63) is 23.8 Å². The van der Waals surface area contributed by atoms with Crippen LogP contribution in [0.1, 0.15) is 31.2 Å². The molecule has 0 aromatic carbocycles. The van der Waals surface area contributed by atoms with Crippen LogP contribution in [0.4, 0.5) is 0 Å². The number of aromatic amines is 1. The van der Waals surface area contributed by atoms with E-state index in [1.807, 2.05) is 17.1 Å². The lowest BCUT2D eigenvalue weighted by Crippen LogP contribution is -2.01. The van der Waals surface area contributed by atoms with Gasteiger partial charge in [0.05, 0.1) is 6.20 Å². The maximum atomic E-state index is 4.21. The zero-order chi connectivity index (χ0) is 9.97. The van der Waals surface area contributed by atoms with Crippen LogP contribution in [-0.2, 0) is 6.54 Å². The molecule has 0 bridgehead atoms. The molecule has 0 saturated carbocycles. The van der Waals surface area contributed by atoms with Gasteiger partial charge in [-0.1, -0.05) is 13.8 Å². The molecule has 0 amide bonds. The third kappa shape index (κ3) is 1.78. The molecule has 2 heterocycles. The number of aromatic nitrogens is 6. The van der Waals surface area contributed by atoms with Crippen LogP contribution >= 0.6 is 0 Å². The molecule has 0 aliphatic rings. The van der Waals surface area contributed by atoms with Gasteiger partial charge in [0.1, 0.15) is 6.54 Å². The van der Waals surface area contributed by atoms with Crippen LogP contribution in [0.2, 0.25) is 0 Å². The van der Waals surface area contributed by atoms with Gasteiger partial charge in [0.25, 0.3) is 0 Å². The van der Waals surface area contributed by atoms with Crippen molar-refractivity contribution in [1.29, 1.82) is 0 Å². The molecule has 2 aromatic rings. The van der Waals surface area contributed by atoms with Gasteiger partial charge in [-0.3, -0.25) is 4.68 Å². The molecule has 0 fully saturated rings. The smallest absolute Gasteiger partial charge is 0.170 e. The lowest BCUT2D eigenvalue weighted by molar-refractivity contribution is 0.655. The second-order valence-electron chi connectivity index (χ2n) is 3.47. The van der Waals surface area contributed by atoms with Crippen LogP contribution in [0.15, 0.2) is 12.4 Å². The molecule has 0 spiro atoms. The first-order valence-corrected chi connectivity index (χ1v) is 4.50. The Hall–Kier alpha value is -1.72. The summed E-state index contributed by atoms with van der Waals surface area (Å²) in [6.45, 7) is 4.86. The van der Waals surface area contributed by atoms with Crippen LogP contribution in [-0.4, -0.2) is 30.4 Å². The van der Waals surface area contributed by atoms with E-state index in [0.717, 1.165) is 0 Å². The number of tetrazole rings is 1. The number of rotatable bonds is 3. The number of hydrogen-bond acceptors (Lipinski definition) is 4. The summed E-state index contributed by atoms with van der Waals surface area (Å²) in [7, 11) is 0. The van der Waals surface area contributed by atoms with Crippen LogP contribution in [0, 0.1) is 0 Å². The first-order chi connectivity index (χ1) is 6.75. The van der Waals surface area contributed by atoms with Crippen LogP contribution in [0.25, 0.3) is 0 Å². The first-order valence-electron chi connectivity index (χ1n) is 4.50. The summed E-state index contributed by atoms with van der Waals surface area (Å²) in [5.74, 6) is 1.21. The van der Waals surface area contributed by atoms with Crippen molar-refractivity contribution in [3.8, 4) is 0 Å². The molecule has 0 aliphatic heterocycles. The molecule has 2 rings (SSSR count). The van der Waals surface area contributed by atoms with Gasteiger partial charge in [0.2, 0.25) is 0 Å². The van der Waals surface area contributed by atoms with Crippen LogP contribution in [0.5, 0.6) is 0 Å². The van der Waals surface area contributed by atoms with E-state index >= 15 is 0 Å². The Bertz CT molecular complexity index is 388. The normalized spacial score (nSPS) is 11.1. The highest BCUT2D eigenvalue weighted by Gasteiger charge is 2.04. The monoisotopic (exact) mass is 192 g/mol. The Labute approximate surface area is 81.3 Å². The fourth-order valence-electron chi connectivity index (χ4n) is 1.16. The largest absolute Gasteiger partial charge is 0.265 e. The zero-order valence-corrected chi connectivity index (χ0v) is 8.18. The van der Waals surface area contributed by atoms with Crippen molar-refractivity contribution in [2.75, 3.05) is 0 Å². The quantitative estimate of drug-likeness (QED) is 0.771. The van der Waals surface area contributed by atoms with Crippen molar-refractivity contribution in [2.24, 2.45) is 0 Å². The predicted molar refractivity (Wildman–Crippen MR) is 49.6 cm³/mol. The molecular formula is C8H12N6. The summed E-state index contributed by atoms with van der Waals surface area (Å²) in [4.78, 5) is 0. The van der Waals surface area contributed by atoms with Crippen LogP contribution < -0.4 is 0 Å². The number of nitrogens with zero attached hydrogens (tertiary/aromatic N) is 5. The summed E-state index contributed by atoms with van der Waals surface area (Å²) in [6, 6.07) is 0. The second-order valence-corrected chi connectivity index (χ2v) is 3.47. The predicted octanol–water partition coefficient (Wildman–Crippen LogP) is 0.568. The standard InChI is InChI=1S/C8H12N6/c1-6(2)7-3-9-14(4-7)5-8-10-12-13-11-8/h3-4,6H,5H2,1-2H3,(H,10,11,12,13). The first kappa shape index (κ1) is 8.86. The fraction of sp³-hybridized carbons (Fsp3) is 0.500. The zero-order valence-electron chi connectivity index (χ0n) is 8.18. The lowest BCUT2D eigenvalue weighted by Gasteiger charge is -1.98. The highest BCUT2D eigenvalue weighted by atomic mass is 15.5. The fourth-order valence-corrected chi connectivity index (χ4v) is 1.16. The summed E-state index contributed by atoms with van der Waals surface area (Å²) >= 11 is 0. The van der Waals surface area contributed by atoms with E-state index in [2.05, 4.69) is 39.6 Å². The third-order valence-electron chi connectivity index (χ3n) is 2.02. The minimum absolute atomic E-state index is 0.497. The molecule has 0 aliphatic carbocycles. The van der Waals surface area contributed by atoms with E-state index in [-0.39, 0.29) is 0 Å². The van der Waals surface area contributed by atoms with Gasteiger partial charge in [-0.25, -0.2) is 5.10 Å². The summed E-state index contributed by atoms with van der Waals surface area (Å²) in [5.41, 5.74) is 1.22. The molecule has 14 heavy (non-hydrogen) atoms. The lowest BCUT2D eigenvalue weighted by atomic mass is 10.1. The highest BCUT2D eigenvalue weighted by molar-refractivity contribution is 5.09. The van der Waals surface area contributed by atoms with Gasteiger partial charge < -0.3 is 0 Å². The summed E-state index contributed by atoms with van der Waals surface area (Å²) in [6.07, 6.45) is 3.88. The molecule has 0 atom stereocenters. The minimum atomic E-state index is 0.497. The Morgan fingerprint density at radius 2 is 2.36 bits per heavy atom. The van der Waals surface area contributed by atoms with E-state index in [9.17, 15) is 0 Å². The average molecular weight is 192 g/mol. The molecule has 0 saturated heterocycles. The van der Waals surface area contributed by atoms with E-state index in [0.29, 0.717) is 18.3 Å². The SMILES string of the molecule is CC(C)c1cnn(Cc2nnn[nH]2)c1. The van der Waals surface area contributed by atoms with Crippen molar-refractivity contribution in [2.45, 2.75) is 26.3 Å². The molecular weight excluding hydrogens is 180 g/mol. The van der Waals surface area contributed by atoms with Gasteiger partial charge >= 0.3 is 0 Å². The van der Waals surface area contributed by atoms with E-state index in [4.69, 9.17) is 0 Å². The van der Waals surface area contributed by atoms with E-state index in [1.165, 1.54) is 5.56 Å². The van der Waals surface area contributed by atoms with Crippen molar-refractivity contribution < 1.29 is 0 Å². The maximum absolute atomic E-state index is 4.21. The van der Waals surface area contributed by atoms with Crippen molar-refractivity contribution in [3.63, 3.8) is 0 Å².